The van der Waals surface area contributed by atoms with Gasteiger partial charge in [0.25, 0.3) is 0 Å². The second-order valence-electron chi connectivity index (χ2n) is 4.68. The summed E-state index contributed by atoms with van der Waals surface area (Å²) in [5.74, 6) is 1.33. The molecule has 5 heteroatoms. The molecule has 1 heterocycles. The summed E-state index contributed by atoms with van der Waals surface area (Å²) >= 11 is 18.3. The van der Waals surface area contributed by atoms with E-state index in [0.717, 1.165) is 10.9 Å². The van der Waals surface area contributed by atoms with Crippen LogP contribution < -0.4 is 4.74 Å². The first-order valence-corrected chi connectivity index (χ1v) is 7.86. The molecule has 0 aliphatic heterocycles. The zero-order chi connectivity index (χ0) is 15.7. The molecule has 0 aliphatic carbocycles. The minimum Gasteiger partial charge on any atom is -0.493 e. The van der Waals surface area contributed by atoms with Crippen LogP contribution in [0.1, 0.15) is 6.92 Å². The first-order chi connectivity index (χ1) is 10.6. The molecular weight excluding hydrogens is 343 g/mol. The molecule has 2 nitrogen and oxygen atoms in total. The maximum Gasteiger partial charge on any atom is 0.383 e. The number of halogens is 3. The van der Waals surface area contributed by atoms with Gasteiger partial charge in [-0.05, 0) is 43.3 Å². The molecule has 0 aliphatic rings. The molecule has 112 valence electrons. The molecule has 0 bridgehead atoms. The fourth-order valence-corrected chi connectivity index (χ4v) is 2.87. The van der Waals surface area contributed by atoms with Crippen molar-refractivity contribution in [3.63, 3.8) is 0 Å². The molecule has 3 aromatic rings. The van der Waals surface area contributed by atoms with Crippen molar-refractivity contribution in [1.82, 2.24) is 0 Å². The van der Waals surface area contributed by atoms with Gasteiger partial charge in [0.2, 0.25) is 0 Å². The molecule has 1 aromatic heterocycles. The molecule has 0 amide bonds. The third kappa shape index (κ3) is 3.00. The Labute approximate surface area is 143 Å². The summed E-state index contributed by atoms with van der Waals surface area (Å²) in [7, 11) is 0. The van der Waals surface area contributed by atoms with E-state index in [1.165, 1.54) is 0 Å². The van der Waals surface area contributed by atoms with Crippen molar-refractivity contribution in [3.8, 4) is 17.1 Å². The highest BCUT2D eigenvalue weighted by Crippen LogP contribution is 2.38. The fourth-order valence-electron chi connectivity index (χ4n) is 2.21. The second kappa shape index (κ2) is 6.33. The summed E-state index contributed by atoms with van der Waals surface area (Å²) in [6.45, 7) is 2.45. The summed E-state index contributed by atoms with van der Waals surface area (Å²) in [6.07, 6.45) is 0. The molecule has 0 fully saturated rings. The third-order valence-corrected chi connectivity index (χ3v) is 3.93. The Morgan fingerprint density at radius 3 is 2.36 bits per heavy atom. The van der Waals surface area contributed by atoms with E-state index in [0.29, 0.717) is 38.8 Å². The Balaban J connectivity index is 2.26. The monoisotopic (exact) mass is 353 g/mol. The van der Waals surface area contributed by atoms with E-state index in [1.807, 2.05) is 25.1 Å². The summed E-state index contributed by atoms with van der Waals surface area (Å²) in [5.41, 5.74) is 1.43. The molecule has 0 radical (unpaired) electrons. The van der Waals surface area contributed by atoms with Crippen molar-refractivity contribution >= 4 is 45.8 Å². The lowest BCUT2D eigenvalue weighted by atomic mass is 10.1. The van der Waals surface area contributed by atoms with E-state index in [2.05, 4.69) is 0 Å². The number of fused-ring (bicyclic) bond motifs is 1. The van der Waals surface area contributed by atoms with E-state index >= 15 is 0 Å². The van der Waals surface area contributed by atoms with Crippen LogP contribution >= 0.6 is 34.8 Å². The van der Waals surface area contributed by atoms with Gasteiger partial charge in [0, 0.05) is 10.0 Å². The van der Waals surface area contributed by atoms with E-state index in [4.69, 9.17) is 44.0 Å². The van der Waals surface area contributed by atoms with Crippen LogP contribution in [-0.2, 0) is 0 Å². The lowest BCUT2D eigenvalue weighted by molar-refractivity contribution is 0.342. The van der Waals surface area contributed by atoms with Crippen LogP contribution in [0.5, 0.6) is 5.75 Å². The van der Waals surface area contributed by atoms with Crippen molar-refractivity contribution in [1.29, 1.82) is 0 Å². The van der Waals surface area contributed by atoms with Gasteiger partial charge in [-0.25, -0.2) is 4.42 Å². The quantitative estimate of drug-likeness (QED) is 0.485. The van der Waals surface area contributed by atoms with Crippen LogP contribution in [0.15, 0.2) is 46.9 Å². The highest BCUT2D eigenvalue weighted by molar-refractivity contribution is 6.38. The second-order valence-corrected chi connectivity index (χ2v) is 5.96. The Morgan fingerprint density at radius 2 is 1.68 bits per heavy atom. The average Bonchev–Trinajstić information content (AvgIpc) is 2.49. The number of hydrogen-bond acceptors (Lipinski definition) is 1. The first kappa shape index (κ1) is 15.4. The largest absolute Gasteiger partial charge is 0.493 e. The number of rotatable bonds is 3. The van der Waals surface area contributed by atoms with Crippen LogP contribution in [0.3, 0.4) is 0 Å². The molecule has 22 heavy (non-hydrogen) atoms. The number of hydrogen-bond donors (Lipinski definition) is 0. The SMILES string of the molecule is CCOc1cc(-c2ccc(Cl)cc2)[o+]c2c(Cl)cc(Cl)cc12. The number of ether oxygens (including phenoxy) is 1. The first-order valence-electron chi connectivity index (χ1n) is 6.73. The molecule has 0 N–H and O–H groups in total. The van der Waals surface area contributed by atoms with Crippen LogP contribution in [0.2, 0.25) is 15.1 Å². The van der Waals surface area contributed by atoms with E-state index in [9.17, 15) is 0 Å². The number of benzene rings is 2. The minimum absolute atomic E-state index is 0.444. The van der Waals surface area contributed by atoms with Gasteiger partial charge < -0.3 is 4.74 Å². The van der Waals surface area contributed by atoms with Gasteiger partial charge >= 0.3 is 11.3 Å². The van der Waals surface area contributed by atoms with Crippen molar-refractivity contribution < 1.29 is 9.15 Å². The molecule has 0 atom stereocenters. The lowest BCUT2D eigenvalue weighted by Gasteiger charge is -2.05. The predicted octanol–water partition coefficient (Wildman–Crippen LogP) is 6.74. The summed E-state index contributed by atoms with van der Waals surface area (Å²) in [6, 6.07) is 12.6. The standard InChI is InChI=1S/C17H12Cl3O2/c1-2-21-16-9-15(10-3-5-11(18)6-4-10)22-17-13(16)7-12(19)8-14(17)20/h3-9H,2H2,1H3/q+1. The third-order valence-electron chi connectivity index (χ3n) is 3.18. The van der Waals surface area contributed by atoms with Crippen molar-refractivity contribution in [2.45, 2.75) is 6.92 Å². The topological polar surface area (TPSA) is 20.5 Å². The predicted molar refractivity (Wildman–Crippen MR) is 92.3 cm³/mol. The fraction of sp³-hybridized carbons (Fsp3) is 0.118. The molecule has 0 saturated carbocycles. The van der Waals surface area contributed by atoms with E-state index in [1.54, 1.807) is 24.3 Å². The molecule has 3 rings (SSSR count). The Bertz CT molecular complexity index is 829. The zero-order valence-corrected chi connectivity index (χ0v) is 14.0. The average molecular weight is 355 g/mol. The molecular formula is C17H12Cl3O2+. The van der Waals surface area contributed by atoms with Crippen molar-refractivity contribution in [3.05, 3.63) is 57.5 Å². The summed E-state index contributed by atoms with van der Waals surface area (Å²) in [5, 5.41) is 2.39. The summed E-state index contributed by atoms with van der Waals surface area (Å²) in [4.78, 5) is 0. The van der Waals surface area contributed by atoms with Gasteiger partial charge in [-0.15, -0.1) is 0 Å². The summed E-state index contributed by atoms with van der Waals surface area (Å²) < 4.78 is 11.7. The normalized spacial score (nSPS) is 10.9. The van der Waals surface area contributed by atoms with Crippen LogP contribution in [-0.4, -0.2) is 6.61 Å². The van der Waals surface area contributed by atoms with Crippen LogP contribution in [0.4, 0.5) is 0 Å². The maximum atomic E-state index is 6.26. The van der Waals surface area contributed by atoms with Crippen LogP contribution in [0.25, 0.3) is 22.3 Å². The smallest absolute Gasteiger partial charge is 0.383 e. The van der Waals surface area contributed by atoms with Gasteiger partial charge in [0.05, 0.1) is 18.2 Å². The van der Waals surface area contributed by atoms with Gasteiger partial charge in [0.15, 0.2) is 0 Å². The Morgan fingerprint density at radius 1 is 0.955 bits per heavy atom. The van der Waals surface area contributed by atoms with Gasteiger partial charge in [-0.2, -0.15) is 0 Å². The highest BCUT2D eigenvalue weighted by atomic mass is 35.5. The minimum atomic E-state index is 0.444. The Hall–Kier alpha value is -1.48. The molecule has 0 unspecified atom stereocenters. The van der Waals surface area contributed by atoms with Gasteiger partial charge in [-0.3, -0.25) is 0 Å². The van der Waals surface area contributed by atoms with E-state index in [-0.39, 0.29) is 0 Å². The van der Waals surface area contributed by atoms with E-state index < -0.39 is 0 Å². The van der Waals surface area contributed by atoms with Gasteiger partial charge in [0.1, 0.15) is 16.2 Å². The molecule has 0 spiro atoms. The highest BCUT2D eigenvalue weighted by Gasteiger charge is 2.23. The van der Waals surface area contributed by atoms with Crippen molar-refractivity contribution in [2.24, 2.45) is 0 Å². The maximum absolute atomic E-state index is 6.26. The zero-order valence-electron chi connectivity index (χ0n) is 11.7. The van der Waals surface area contributed by atoms with Crippen molar-refractivity contribution in [2.75, 3.05) is 6.61 Å². The van der Waals surface area contributed by atoms with Gasteiger partial charge in [-0.1, -0.05) is 34.8 Å². The molecule has 0 saturated heterocycles. The van der Waals surface area contributed by atoms with Crippen LogP contribution in [0, 0.1) is 0 Å². The molecule has 2 aromatic carbocycles. The Kier molecular flexibility index (Phi) is 4.44. The lowest BCUT2D eigenvalue weighted by Crippen LogP contribution is -1.94.